The maximum Gasteiger partial charge on any atom is 0.408 e. The predicted octanol–water partition coefficient (Wildman–Crippen LogP) is 0.482. The zero-order valence-corrected chi connectivity index (χ0v) is 43.9. The normalized spacial score (nSPS) is 14.7. The van der Waals surface area contributed by atoms with Gasteiger partial charge in [-0.05, 0) is 63.6 Å². The molecule has 0 heterocycles. The zero-order valence-electron chi connectivity index (χ0n) is 43.9. The molecule has 24 heteroatoms. The molecule has 3 aromatic rings. The smallest absolute Gasteiger partial charge is 0.408 e. The summed E-state index contributed by atoms with van der Waals surface area (Å²) < 4.78 is 5.40. The molecule has 0 spiro atoms. The number of carbonyl (C=O) groups is 11. The number of ether oxygens (including phenoxy) is 1. The Balaban J connectivity index is 1.81. The van der Waals surface area contributed by atoms with Gasteiger partial charge in [0, 0.05) is 19.3 Å². The summed E-state index contributed by atoms with van der Waals surface area (Å²) in [7, 11) is 0. The Morgan fingerprint density at radius 1 is 0.442 bits per heavy atom. The van der Waals surface area contributed by atoms with Crippen molar-refractivity contribution in [1.82, 2.24) is 42.5 Å². The van der Waals surface area contributed by atoms with Crippen LogP contribution in [0.5, 0.6) is 0 Å². The van der Waals surface area contributed by atoms with Crippen molar-refractivity contribution in [3.05, 3.63) is 108 Å². The average molecular weight is 1080 g/mol. The predicted molar refractivity (Wildman–Crippen MR) is 276 cm³/mol. The van der Waals surface area contributed by atoms with E-state index in [-0.39, 0.29) is 31.6 Å². The van der Waals surface area contributed by atoms with Gasteiger partial charge in [-0.3, -0.25) is 43.2 Å². The molecule has 77 heavy (non-hydrogen) atoms. The molecule has 0 aliphatic heterocycles. The molecule has 0 aliphatic carbocycles. The Morgan fingerprint density at radius 2 is 0.792 bits per heavy atom. The van der Waals surface area contributed by atoms with Gasteiger partial charge in [0.15, 0.2) is 0 Å². The molecule has 0 aromatic heterocycles. The number of carboxylic acids is 3. The number of hydrogen-bond acceptors (Lipinski definition) is 13. The summed E-state index contributed by atoms with van der Waals surface area (Å²) >= 11 is 0. The molecule has 12 N–H and O–H groups in total. The Labute approximate surface area is 445 Å². The molecule has 0 radical (unpaired) electrons. The number of benzene rings is 3. The SMILES string of the molecule is CC(C)C[C@H](NC(=O)[C@@H](NC(=O)[C@H](Cc1ccccc1)NC(=O)[C@H](Cc1ccccc1)NC(=O)OC(C)(C)C)[C@H](C)O)C(=O)N[C@@H](CC(=O)O)C(=O)N[C@@H](C)C(=O)N[C@@H](CC(=O)O)C(=O)N[C@@H](Cc1ccccc1)C(=O)O. The first-order valence-corrected chi connectivity index (χ1v) is 24.7. The van der Waals surface area contributed by atoms with Crippen LogP contribution >= 0.6 is 0 Å². The lowest BCUT2D eigenvalue weighted by Crippen LogP contribution is -2.62. The van der Waals surface area contributed by atoms with Crippen LogP contribution < -0.4 is 42.5 Å². The van der Waals surface area contributed by atoms with Gasteiger partial charge in [0.2, 0.25) is 41.4 Å². The van der Waals surface area contributed by atoms with Crippen LogP contribution in [0.3, 0.4) is 0 Å². The van der Waals surface area contributed by atoms with Crippen molar-refractivity contribution in [1.29, 1.82) is 0 Å². The number of alkyl carbamates (subject to hydrolysis) is 1. The Kier molecular flexibility index (Phi) is 24.7. The third kappa shape index (κ3) is 22.9. The van der Waals surface area contributed by atoms with Crippen molar-refractivity contribution in [2.24, 2.45) is 5.92 Å². The van der Waals surface area contributed by atoms with Gasteiger partial charge in [0.1, 0.15) is 53.9 Å². The minimum atomic E-state index is -1.92. The molecule has 0 aliphatic rings. The topological polar surface area (TPSA) is 374 Å². The fourth-order valence-electron chi connectivity index (χ4n) is 7.50. The van der Waals surface area contributed by atoms with E-state index in [1.54, 1.807) is 126 Å². The van der Waals surface area contributed by atoms with Gasteiger partial charge in [-0.25, -0.2) is 9.59 Å². The summed E-state index contributed by atoms with van der Waals surface area (Å²) in [5.41, 5.74) is 0.838. The van der Waals surface area contributed by atoms with E-state index in [0.717, 1.165) is 6.92 Å². The van der Waals surface area contributed by atoms with E-state index < -0.39 is 138 Å². The minimum Gasteiger partial charge on any atom is -0.481 e. The van der Waals surface area contributed by atoms with E-state index in [1.165, 1.54) is 6.92 Å². The largest absolute Gasteiger partial charge is 0.481 e. The van der Waals surface area contributed by atoms with Crippen LogP contribution in [0, 0.1) is 5.92 Å². The van der Waals surface area contributed by atoms with E-state index in [4.69, 9.17) is 4.74 Å². The zero-order chi connectivity index (χ0) is 57.6. The maximum absolute atomic E-state index is 14.2. The van der Waals surface area contributed by atoms with Crippen molar-refractivity contribution in [2.45, 2.75) is 147 Å². The molecule has 0 unspecified atom stereocenters. The lowest BCUT2D eigenvalue weighted by molar-refractivity contribution is -0.143. The standard InChI is InChI=1S/C53H70N8O16/c1-29(2)23-35(46(69)57-38(27-41(63)64)45(68)54-30(3)44(67)55-39(28-42(65)66)48(71)59-40(51(74)75)26-34-21-15-10-16-22-34)58-50(73)43(31(4)62)61-49(72)36(24-32-17-11-8-12-18-32)56-47(70)37(25-33-19-13-9-14-20-33)60-52(76)77-53(5,6)7/h8-22,29-31,35-40,43,62H,23-28H2,1-7H3,(H,54,68)(H,55,67)(H,56,70)(H,57,69)(H,58,73)(H,59,71)(H,60,76)(H,61,72)(H,63,64)(H,65,66)(H,74,75)/t30-,31-,35-,36-,37-,38-,39-,40-,43-/m0/s1. The second kappa shape index (κ2) is 30.2. The van der Waals surface area contributed by atoms with E-state index in [2.05, 4.69) is 42.5 Å². The molecule has 8 amide bonds. The number of aliphatic carboxylic acids is 3. The van der Waals surface area contributed by atoms with Gasteiger partial charge < -0.3 is 67.7 Å². The molecule has 3 rings (SSSR count). The summed E-state index contributed by atoms with van der Waals surface area (Å²) in [6.45, 7) is 10.5. The molecular formula is C53H70N8O16. The minimum absolute atomic E-state index is 0.0177. The molecule has 0 bridgehead atoms. The number of aliphatic hydroxyl groups excluding tert-OH is 1. The number of rotatable bonds is 29. The van der Waals surface area contributed by atoms with E-state index in [9.17, 15) is 73.2 Å². The van der Waals surface area contributed by atoms with E-state index >= 15 is 0 Å². The summed E-state index contributed by atoms with van der Waals surface area (Å²) in [6, 6.07) is 12.4. The van der Waals surface area contributed by atoms with Crippen molar-refractivity contribution in [3.8, 4) is 0 Å². The van der Waals surface area contributed by atoms with Crippen molar-refractivity contribution in [2.75, 3.05) is 0 Å². The monoisotopic (exact) mass is 1070 g/mol. The summed E-state index contributed by atoms with van der Waals surface area (Å²) in [4.78, 5) is 145. The maximum atomic E-state index is 14.2. The molecule has 24 nitrogen and oxygen atoms in total. The number of hydrogen-bond donors (Lipinski definition) is 12. The highest BCUT2D eigenvalue weighted by atomic mass is 16.6. The first kappa shape index (κ1) is 62.9. The van der Waals surface area contributed by atoms with Gasteiger partial charge in [-0.15, -0.1) is 0 Å². The third-order valence-corrected chi connectivity index (χ3v) is 11.3. The van der Waals surface area contributed by atoms with Crippen molar-refractivity contribution < 1.29 is 77.9 Å². The number of amides is 8. The van der Waals surface area contributed by atoms with Crippen LogP contribution in [0.25, 0.3) is 0 Å². The molecule has 418 valence electrons. The highest BCUT2D eigenvalue weighted by Gasteiger charge is 2.37. The summed E-state index contributed by atoms with van der Waals surface area (Å²) in [5, 5.41) is 58.8. The Morgan fingerprint density at radius 3 is 1.21 bits per heavy atom. The van der Waals surface area contributed by atoms with Gasteiger partial charge in [-0.2, -0.15) is 0 Å². The van der Waals surface area contributed by atoms with Gasteiger partial charge in [-0.1, -0.05) is 105 Å². The van der Waals surface area contributed by atoms with Crippen LogP contribution in [0.1, 0.15) is 84.4 Å². The third-order valence-electron chi connectivity index (χ3n) is 11.3. The van der Waals surface area contributed by atoms with Crippen molar-refractivity contribution >= 4 is 65.4 Å². The van der Waals surface area contributed by atoms with Gasteiger partial charge in [0.05, 0.1) is 18.9 Å². The second-order valence-electron chi connectivity index (χ2n) is 19.7. The Bertz CT molecular complexity index is 2520. The number of carboxylic acid groups (broad SMARTS) is 3. The van der Waals surface area contributed by atoms with E-state index in [1.807, 2.05) is 0 Å². The lowest BCUT2D eigenvalue weighted by atomic mass is 10.0. The Hall–Kier alpha value is -8.41. The molecule has 0 fully saturated rings. The summed E-state index contributed by atoms with van der Waals surface area (Å²) in [6.07, 6.45) is -5.09. The molecule has 0 saturated heterocycles. The molecule has 3 aromatic carbocycles. The van der Waals surface area contributed by atoms with Gasteiger partial charge >= 0.3 is 24.0 Å². The van der Waals surface area contributed by atoms with Crippen molar-refractivity contribution in [3.63, 3.8) is 0 Å². The highest BCUT2D eigenvalue weighted by molar-refractivity contribution is 5.99. The first-order chi connectivity index (χ1) is 36.1. The van der Waals surface area contributed by atoms with Crippen LogP contribution in [-0.4, -0.2) is 146 Å². The quantitative estimate of drug-likeness (QED) is 0.0450. The fraction of sp³-hybridized carbons (Fsp3) is 0.453. The van der Waals surface area contributed by atoms with Crippen LogP contribution in [0.15, 0.2) is 91.0 Å². The fourth-order valence-corrected chi connectivity index (χ4v) is 7.50. The number of carbonyl (C=O) groups excluding carboxylic acids is 8. The van der Waals surface area contributed by atoms with Gasteiger partial charge in [0.25, 0.3) is 0 Å². The number of nitrogens with one attached hydrogen (secondary N) is 8. The lowest BCUT2D eigenvalue weighted by Gasteiger charge is -2.29. The van der Waals surface area contributed by atoms with Crippen LogP contribution in [0.2, 0.25) is 0 Å². The van der Waals surface area contributed by atoms with Crippen LogP contribution in [0.4, 0.5) is 4.79 Å². The first-order valence-electron chi connectivity index (χ1n) is 24.7. The van der Waals surface area contributed by atoms with Crippen LogP contribution in [-0.2, 0) is 71.9 Å². The second-order valence-corrected chi connectivity index (χ2v) is 19.7. The molecule has 0 saturated carbocycles. The highest BCUT2D eigenvalue weighted by Crippen LogP contribution is 2.13. The molecule has 9 atom stereocenters. The van der Waals surface area contributed by atoms with E-state index in [0.29, 0.717) is 16.7 Å². The number of aliphatic hydroxyl groups is 1. The molecular weight excluding hydrogens is 1000 g/mol. The summed E-state index contributed by atoms with van der Waals surface area (Å²) in [5.74, 6) is -12.5. The average Bonchev–Trinajstić information content (AvgIpc) is 3.33.